The normalized spacial score (nSPS) is 37.5. The summed E-state index contributed by atoms with van der Waals surface area (Å²) < 4.78 is 0. The number of benzene rings is 1. The molecule has 1 nitrogen and oxygen atoms in total. The van der Waals surface area contributed by atoms with Gasteiger partial charge in [-0.05, 0) is 48.5 Å². The first-order chi connectivity index (χ1) is 8.93. The summed E-state index contributed by atoms with van der Waals surface area (Å²) in [5, 5.41) is 3.96. The van der Waals surface area contributed by atoms with Gasteiger partial charge in [0.2, 0.25) is 0 Å². The summed E-state index contributed by atoms with van der Waals surface area (Å²) in [5.41, 5.74) is 2.36. The molecule has 1 aromatic rings. The van der Waals surface area contributed by atoms with Crippen molar-refractivity contribution in [2.24, 2.45) is 16.7 Å². The van der Waals surface area contributed by atoms with E-state index in [4.69, 9.17) is 0 Å². The predicted octanol–water partition coefficient (Wildman–Crippen LogP) is 4.55. The van der Waals surface area contributed by atoms with Crippen LogP contribution < -0.4 is 5.32 Å². The Hall–Kier alpha value is -0.820. The van der Waals surface area contributed by atoms with Crippen molar-refractivity contribution in [1.82, 2.24) is 5.32 Å². The summed E-state index contributed by atoms with van der Waals surface area (Å²) in [6.07, 6.45) is 4.25. The molecule has 4 atom stereocenters. The molecule has 0 aromatic heterocycles. The molecule has 0 spiro atoms. The Morgan fingerprint density at radius 2 is 1.84 bits per heavy atom. The summed E-state index contributed by atoms with van der Waals surface area (Å²) in [7, 11) is 0. The maximum absolute atomic E-state index is 3.96. The van der Waals surface area contributed by atoms with Crippen LogP contribution in [0.5, 0.6) is 0 Å². The molecule has 0 radical (unpaired) electrons. The molecule has 3 rings (SSSR count). The summed E-state index contributed by atoms with van der Waals surface area (Å²) in [4.78, 5) is 0. The minimum absolute atomic E-state index is 0.441. The highest BCUT2D eigenvalue weighted by atomic mass is 15.0. The van der Waals surface area contributed by atoms with Gasteiger partial charge >= 0.3 is 0 Å². The lowest BCUT2D eigenvalue weighted by Gasteiger charge is -2.44. The zero-order valence-electron chi connectivity index (χ0n) is 12.7. The lowest BCUT2D eigenvalue weighted by molar-refractivity contribution is 0.100. The van der Waals surface area contributed by atoms with Crippen LogP contribution in [0.1, 0.15) is 58.6 Å². The van der Waals surface area contributed by atoms with Gasteiger partial charge in [-0.2, -0.15) is 0 Å². The molecule has 2 bridgehead atoms. The third-order valence-electron chi connectivity index (χ3n) is 5.99. The van der Waals surface area contributed by atoms with E-state index >= 15 is 0 Å². The molecule has 0 heterocycles. The second kappa shape index (κ2) is 4.34. The topological polar surface area (TPSA) is 12.0 Å². The quantitative estimate of drug-likeness (QED) is 0.837. The minimum atomic E-state index is 0.441. The Balaban J connectivity index is 1.80. The molecule has 0 amide bonds. The van der Waals surface area contributed by atoms with E-state index in [0.29, 0.717) is 22.9 Å². The Morgan fingerprint density at radius 1 is 1.16 bits per heavy atom. The highest BCUT2D eigenvalue weighted by molar-refractivity contribution is 5.20. The van der Waals surface area contributed by atoms with Gasteiger partial charge in [0.05, 0.1) is 0 Å². The molecule has 1 N–H and O–H groups in total. The maximum Gasteiger partial charge on any atom is 0.0294 e. The van der Waals surface area contributed by atoms with Crippen LogP contribution in [0.4, 0.5) is 0 Å². The van der Waals surface area contributed by atoms with Crippen LogP contribution in [-0.4, -0.2) is 6.04 Å². The lowest BCUT2D eigenvalue weighted by Crippen LogP contribution is -2.50. The second-order valence-corrected chi connectivity index (χ2v) is 7.65. The fourth-order valence-electron chi connectivity index (χ4n) is 4.81. The van der Waals surface area contributed by atoms with Gasteiger partial charge in [0, 0.05) is 12.1 Å². The van der Waals surface area contributed by atoms with Crippen molar-refractivity contribution in [2.45, 2.75) is 59.0 Å². The van der Waals surface area contributed by atoms with Crippen LogP contribution in [0.15, 0.2) is 30.3 Å². The van der Waals surface area contributed by atoms with E-state index in [9.17, 15) is 0 Å². The van der Waals surface area contributed by atoms with Gasteiger partial charge in [0.15, 0.2) is 0 Å². The van der Waals surface area contributed by atoms with Gasteiger partial charge in [0.1, 0.15) is 0 Å². The van der Waals surface area contributed by atoms with Crippen LogP contribution in [0.2, 0.25) is 0 Å². The van der Waals surface area contributed by atoms with Gasteiger partial charge in [0.25, 0.3) is 0 Å². The fourth-order valence-corrected chi connectivity index (χ4v) is 4.81. The highest BCUT2D eigenvalue weighted by Crippen LogP contribution is 2.62. The molecule has 104 valence electrons. The van der Waals surface area contributed by atoms with Gasteiger partial charge in [-0.3, -0.25) is 0 Å². The number of hydrogen-bond donors (Lipinski definition) is 1. The first kappa shape index (κ1) is 13.2. The Labute approximate surface area is 117 Å². The average molecular weight is 257 g/mol. The number of nitrogens with one attached hydrogen (secondary N) is 1. The van der Waals surface area contributed by atoms with Crippen LogP contribution >= 0.6 is 0 Å². The second-order valence-electron chi connectivity index (χ2n) is 7.65. The zero-order chi connectivity index (χ0) is 13.7. The molecule has 2 aliphatic rings. The first-order valence-corrected chi connectivity index (χ1v) is 7.74. The van der Waals surface area contributed by atoms with Crippen molar-refractivity contribution in [3.05, 3.63) is 35.9 Å². The predicted molar refractivity (Wildman–Crippen MR) is 81.0 cm³/mol. The van der Waals surface area contributed by atoms with Gasteiger partial charge < -0.3 is 5.32 Å². The number of hydrogen-bond acceptors (Lipinski definition) is 1. The Kier molecular flexibility index (Phi) is 3.01. The summed E-state index contributed by atoms with van der Waals surface area (Å²) in [6.45, 7) is 9.74. The van der Waals surface area contributed by atoms with Crippen molar-refractivity contribution in [1.29, 1.82) is 0 Å². The van der Waals surface area contributed by atoms with Crippen molar-refractivity contribution < 1.29 is 0 Å². The van der Waals surface area contributed by atoms with Crippen LogP contribution in [0.25, 0.3) is 0 Å². The lowest BCUT2D eigenvalue weighted by atomic mass is 9.68. The van der Waals surface area contributed by atoms with Crippen molar-refractivity contribution in [3.63, 3.8) is 0 Å². The van der Waals surface area contributed by atoms with Crippen molar-refractivity contribution in [3.8, 4) is 0 Å². The van der Waals surface area contributed by atoms with E-state index < -0.39 is 0 Å². The summed E-state index contributed by atoms with van der Waals surface area (Å²) in [5.74, 6) is 0.915. The van der Waals surface area contributed by atoms with Crippen LogP contribution in [-0.2, 0) is 0 Å². The minimum Gasteiger partial charge on any atom is -0.306 e. The molecule has 0 aliphatic heterocycles. The van der Waals surface area contributed by atoms with E-state index in [-0.39, 0.29) is 0 Å². The van der Waals surface area contributed by atoms with Gasteiger partial charge in [-0.25, -0.2) is 0 Å². The molecule has 0 saturated heterocycles. The molecule has 19 heavy (non-hydrogen) atoms. The third kappa shape index (κ3) is 2.03. The highest BCUT2D eigenvalue weighted by Gasteiger charge is 2.59. The molecule has 2 aliphatic carbocycles. The molecule has 1 heteroatoms. The first-order valence-electron chi connectivity index (χ1n) is 7.74. The molecular formula is C18H27N. The standard InChI is InChI=1S/C18H27N/c1-13(14-8-6-5-7-9-14)19-16-17(2,3)15-10-11-18(16,4)12-15/h5-9,13,15-16,19H,10-12H2,1-4H3/t13?,15-,16?,18+/m0/s1. The average Bonchev–Trinajstić information content (AvgIpc) is 2.87. The van der Waals surface area contributed by atoms with E-state index in [1.807, 2.05) is 0 Å². The summed E-state index contributed by atoms with van der Waals surface area (Å²) in [6, 6.07) is 11.9. The third-order valence-corrected chi connectivity index (χ3v) is 5.99. The Morgan fingerprint density at radius 3 is 2.42 bits per heavy atom. The van der Waals surface area contributed by atoms with E-state index in [1.165, 1.54) is 24.8 Å². The number of fused-ring (bicyclic) bond motifs is 2. The van der Waals surface area contributed by atoms with Crippen molar-refractivity contribution >= 4 is 0 Å². The van der Waals surface area contributed by atoms with Crippen LogP contribution in [0.3, 0.4) is 0 Å². The molecular weight excluding hydrogens is 230 g/mol. The van der Waals surface area contributed by atoms with Crippen LogP contribution in [0, 0.1) is 16.7 Å². The molecule has 2 fully saturated rings. The van der Waals surface area contributed by atoms with Gasteiger partial charge in [-0.1, -0.05) is 51.1 Å². The Bertz CT molecular complexity index is 445. The van der Waals surface area contributed by atoms with E-state index in [0.717, 1.165) is 5.92 Å². The molecule has 2 saturated carbocycles. The molecule has 2 unspecified atom stereocenters. The zero-order valence-corrected chi connectivity index (χ0v) is 12.7. The van der Waals surface area contributed by atoms with Crippen molar-refractivity contribution in [2.75, 3.05) is 0 Å². The SMILES string of the molecule is CC(NC1C(C)(C)[C@H]2CC[C@]1(C)C2)c1ccccc1. The smallest absolute Gasteiger partial charge is 0.0294 e. The van der Waals surface area contributed by atoms with E-state index in [1.54, 1.807) is 0 Å². The molecule has 1 aromatic carbocycles. The van der Waals surface area contributed by atoms with Gasteiger partial charge in [-0.15, -0.1) is 0 Å². The van der Waals surface area contributed by atoms with E-state index in [2.05, 4.69) is 63.3 Å². The largest absolute Gasteiger partial charge is 0.306 e. The summed E-state index contributed by atoms with van der Waals surface area (Å²) >= 11 is 0. The fraction of sp³-hybridized carbons (Fsp3) is 0.667. The monoisotopic (exact) mass is 257 g/mol. The maximum atomic E-state index is 3.96. The number of rotatable bonds is 3.